The van der Waals surface area contributed by atoms with Crippen LogP contribution < -0.4 is 21.3 Å². The van der Waals surface area contributed by atoms with Crippen molar-refractivity contribution < 1.29 is 0 Å². The molecule has 3 aliphatic rings. The fourth-order valence-electron chi connectivity index (χ4n) is 7.44. The van der Waals surface area contributed by atoms with Gasteiger partial charge < -0.3 is 20.6 Å². The quantitative estimate of drug-likeness (QED) is 0.142. The summed E-state index contributed by atoms with van der Waals surface area (Å²) in [4.78, 5) is 7.84. The van der Waals surface area contributed by atoms with Crippen LogP contribution in [0.4, 0.5) is 0 Å². The zero-order chi connectivity index (χ0) is 35.3. The highest BCUT2D eigenvalue weighted by Crippen LogP contribution is 2.44. The fraction of sp³-hybridized carbons (Fsp3) is 0.0455. The lowest BCUT2D eigenvalue weighted by molar-refractivity contribution is 0.854. The smallest absolute Gasteiger partial charge is 0.0728 e. The van der Waals surface area contributed by atoms with E-state index < -0.39 is 0 Å². The lowest BCUT2D eigenvalue weighted by atomic mass is 9.98. The molecule has 2 aromatic heterocycles. The first-order chi connectivity index (χ1) is 25.5. The van der Waals surface area contributed by atoms with Gasteiger partial charge in [0.15, 0.2) is 0 Å². The number of H-pyrrole nitrogens is 2. The van der Waals surface area contributed by atoms with Gasteiger partial charge in [-0.2, -0.15) is 0 Å². The van der Waals surface area contributed by atoms with Crippen molar-refractivity contribution >= 4 is 86.0 Å². The lowest BCUT2D eigenvalue weighted by Gasteiger charge is -2.19. The van der Waals surface area contributed by atoms with E-state index in [9.17, 15) is 0 Å². The summed E-state index contributed by atoms with van der Waals surface area (Å²) >= 11 is 16.2. The Morgan fingerprint density at radius 3 is 1.60 bits per heavy atom. The van der Waals surface area contributed by atoms with Crippen molar-refractivity contribution in [1.29, 1.82) is 0 Å². The zero-order valence-corrected chi connectivity index (χ0v) is 33.9. The average Bonchev–Trinajstić information content (AvgIpc) is 3.98. The summed E-state index contributed by atoms with van der Waals surface area (Å²) in [5.41, 5.74) is 14.0. The number of hydrogen-bond donors (Lipinski definition) is 4. The first kappa shape index (κ1) is 33.5. The van der Waals surface area contributed by atoms with Gasteiger partial charge in [0.2, 0.25) is 0 Å². The molecule has 1 unspecified atom stereocenters. The third-order valence-electron chi connectivity index (χ3n) is 9.77. The molecule has 0 radical (unpaired) electrons. The van der Waals surface area contributed by atoms with Gasteiger partial charge in [-0.1, -0.05) is 133 Å². The van der Waals surface area contributed by atoms with Gasteiger partial charge in [0.25, 0.3) is 0 Å². The van der Waals surface area contributed by atoms with Crippen molar-refractivity contribution in [2.24, 2.45) is 0 Å². The van der Waals surface area contributed by atoms with Crippen LogP contribution in [0.2, 0.25) is 0 Å². The highest BCUT2D eigenvalue weighted by molar-refractivity contribution is 9.13. The molecule has 9 rings (SSSR count). The highest BCUT2D eigenvalue weighted by Gasteiger charge is 2.30. The second-order valence-corrected chi connectivity index (χ2v) is 16.0. The van der Waals surface area contributed by atoms with E-state index >= 15 is 0 Å². The van der Waals surface area contributed by atoms with Crippen LogP contribution in [-0.2, 0) is 0 Å². The molecule has 1 atom stereocenters. The first-order valence-electron chi connectivity index (χ1n) is 17.0. The summed E-state index contributed by atoms with van der Waals surface area (Å²) in [7, 11) is 0. The fourth-order valence-corrected chi connectivity index (χ4v) is 9.44. The molecule has 52 heavy (non-hydrogen) atoms. The lowest BCUT2D eigenvalue weighted by Crippen LogP contribution is -2.30. The van der Waals surface area contributed by atoms with Crippen molar-refractivity contribution in [1.82, 2.24) is 20.6 Å². The molecular weight excluding hydrogens is 904 g/mol. The predicted octanol–water partition coefficient (Wildman–Crippen LogP) is 10.4. The maximum absolute atomic E-state index is 4.05. The van der Waals surface area contributed by atoms with Gasteiger partial charge in [-0.25, -0.2) is 0 Å². The van der Waals surface area contributed by atoms with Crippen LogP contribution in [0.3, 0.4) is 0 Å². The molecular formula is C44H30Br4N4. The number of fused-ring (bicyclic) bond motifs is 8. The molecule has 5 heterocycles. The van der Waals surface area contributed by atoms with Crippen LogP contribution in [0.5, 0.6) is 0 Å². The van der Waals surface area contributed by atoms with E-state index in [-0.39, 0.29) is 6.04 Å². The molecule has 0 amide bonds. The maximum atomic E-state index is 4.05. The molecule has 0 aliphatic carbocycles. The Balaban J connectivity index is 1.42. The maximum Gasteiger partial charge on any atom is 0.0728 e. The normalized spacial score (nSPS) is 16.7. The van der Waals surface area contributed by atoms with Crippen LogP contribution in [-0.4, -0.2) is 16.0 Å². The number of aromatic nitrogens is 2. The molecule has 4 N–H and O–H groups in total. The van der Waals surface area contributed by atoms with Gasteiger partial charge in [-0.15, -0.1) is 0 Å². The van der Waals surface area contributed by atoms with E-state index in [0.717, 1.165) is 108 Å². The summed E-state index contributed by atoms with van der Waals surface area (Å²) < 4.78 is 3.85. The molecule has 0 spiro atoms. The average molecular weight is 934 g/mol. The number of nitrogens with one attached hydrogen (secondary N) is 4. The third-order valence-corrected chi connectivity index (χ3v) is 14.0. The van der Waals surface area contributed by atoms with E-state index in [1.165, 1.54) is 0 Å². The van der Waals surface area contributed by atoms with Crippen molar-refractivity contribution in [3.63, 3.8) is 0 Å². The topological polar surface area (TPSA) is 55.6 Å². The van der Waals surface area contributed by atoms with Crippen LogP contribution in [0, 0.1) is 0 Å². The minimum absolute atomic E-state index is 0.134. The van der Waals surface area contributed by atoms with Crippen LogP contribution in [0.15, 0.2) is 175 Å². The Bertz CT molecular complexity index is 2610. The van der Waals surface area contributed by atoms with E-state index in [0.29, 0.717) is 0 Å². The molecule has 8 bridgehead atoms. The minimum Gasteiger partial charge on any atom is -0.374 e. The summed E-state index contributed by atoms with van der Waals surface area (Å²) in [6.07, 6.45) is 7.50. The van der Waals surface area contributed by atoms with E-state index in [4.69, 9.17) is 0 Å². The van der Waals surface area contributed by atoms with Crippen LogP contribution in [0.25, 0.3) is 22.3 Å². The van der Waals surface area contributed by atoms with E-state index in [1.54, 1.807) is 0 Å². The number of hydrogen-bond acceptors (Lipinski definition) is 2. The Hall–Kier alpha value is -4.34. The van der Waals surface area contributed by atoms with Crippen molar-refractivity contribution in [2.45, 2.75) is 12.5 Å². The summed E-state index contributed by atoms with van der Waals surface area (Å²) in [5.74, 6) is 0. The molecule has 0 fully saturated rings. The second kappa shape index (κ2) is 13.9. The Morgan fingerprint density at radius 2 is 1.00 bits per heavy atom. The molecule has 4 aromatic carbocycles. The Morgan fingerprint density at radius 1 is 0.500 bits per heavy atom. The Labute approximate surface area is 335 Å². The second-order valence-electron chi connectivity index (χ2n) is 12.8. The molecule has 0 saturated carbocycles. The van der Waals surface area contributed by atoms with Gasteiger partial charge in [0, 0.05) is 45.8 Å². The first-order valence-corrected chi connectivity index (χ1v) is 20.2. The number of rotatable bonds is 4. The minimum atomic E-state index is -0.134. The highest BCUT2D eigenvalue weighted by atomic mass is 79.9. The van der Waals surface area contributed by atoms with E-state index in [2.05, 4.69) is 224 Å². The SMILES string of the molecule is Brc1c2[nH]c(c1Br)C(c1ccccc1)=C1CC=C(N1)C(c1ccccc1)=c1[nH]c(c(Br)c1Br)=C(c1ccccc1)C1C=CC(=C2c2ccccc2)N1. The molecule has 6 aromatic rings. The molecule has 0 saturated heterocycles. The number of allylic oxidation sites excluding steroid dienone is 3. The predicted molar refractivity (Wildman–Crippen MR) is 226 cm³/mol. The van der Waals surface area contributed by atoms with Crippen LogP contribution >= 0.6 is 63.7 Å². The zero-order valence-electron chi connectivity index (χ0n) is 27.6. The molecule has 4 nitrogen and oxygen atoms in total. The monoisotopic (exact) mass is 930 g/mol. The third kappa shape index (κ3) is 5.77. The van der Waals surface area contributed by atoms with E-state index in [1.807, 2.05) is 0 Å². The number of halogens is 4. The van der Waals surface area contributed by atoms with Crippen molar-refractivity contribution in [3.8, 4) is 0 Å². The molecule has 8 heteroatoms. The summed E-state index contributed by atoms with van der Waals surface area (Å²) in [6.45, 7) is 0. The van der Waals surface area contributed by atoms with Crippen LogP contribution in [0.1, 0.15) is 40.1 Å². The van der Waals surface area contributed by atoms with Gasteiger partial charge in [-0.3, -0.25) is 0 Å². The molecule has 3 aliphatic heterocycles. The van der Waals surface area contributed by atoms with Gasteiger partial charge in [-0.05, 0) is 92.0 Å². The van der Waals surface area contributed by atoms with Crippen molar-refractivity contribution in [2.75, 3.05) is 0 Å². The Kier molecular flexibility index (Phi) is 8.95. The van der Waals surface area contributed by atoms with Gasteiger partial charge in [0.1, 0.15) is 0 Å². The largest absolute Gasteiger partial charge is 0.374 e. The standard InChI is InChI=1S/C44H30Br4N4/c45-37-38(46)42-35(27-17-9-3-10-18-27)31-23-24-32(50-31)36(28-19-11-4-12-20-28)44-40(48)39(47)43(52-44)34(26-15-7-2-8-16-26)30-22-21-29(49-30)33(41(37)51-42)25-13-5-1-6-14-25/h1-23,29,49-52H,24H2. The van der Waals surface area contributed by atoms with Crippen molar-refractivity contribution in [3.05, 3.63) is 219 Å². The van der Waals surface area contributed by atoms with Gasteiger partial charge in [0.05, 0.1) is 46.0 Å². The molecule has 254 valence electrons. The summed E-state index contributed by atoms with van der Waals surface area (Å²) in [5, 5.41) is 9.87. The van der Waals surface area contributed by atoms with Gasteiger partial charge >= 0.3 is 0 Å². The number of aromatic amines is 2. The summed E-state index contributed by atoms with van der Waals surface area (Å²) in [6, 6.07) is 42.3. The number of benzene rings is 4.